The molecule has 12 unspecified atom stereocenters. The minimum atomic E-state index is -1.80. The number of aliphatic hydroxyl groups excluding tert-OH is 8. The number of carbonyl (C=O) groups is 1. The lowest BCUT2D eigenvalue weighted by molar-refractivity contribution is -0.359. The lowest BCUT2D eigenvalue weighted by Gasteiger charge is -2.46. The first-order valence-electron chi connectivity index (χ1n) is 31.3. The molecule has 12 atom stereocenters. The van der Waals surface area contributed by atoms with Crippen LogP contribution in [0.25, 0.3) is 0 Å². The van der Waals surface area contributed by atoms with Crippen molar-refractivity contribution in [3.05, 3.63) is 122 Å². The number of hydrogen-bond donors (Lipinski definition) is 9. The lowest BCUT2D eigenvalue weighted by Crippen LogP contribution is -2.65. The molecule has 0 aliphatic carbocycles. The van der Waals surface area contributed by atoms with Crippen LogP contribution in [-0.4, -0.2) is 140 Å². The topological polar surface area (TPSA) is 228 Å². The van der Waals surface area contributed by atoms with Crippen molar-refractivity contribution in [3.63, 3.8) is 0 Å². The van der Waals surface area contributed by atoms with Gasteiger partial charge >= 0.3 is 0 Å². The Labute approximate surface area is 488 Å². The van der Waals surface area contributed by atoms with Gasteiger partial charge in [0.1, 0.15) is 48.8 Å². The van der Waals surface area contributed by atoms with Crippen LogP contribution in [0.1, 0.15) is 200 Å². The second-order valence-electron chi connectivity index (χ2n) is 21.4. The van der Waals surface area contributed by atoms with Gasteiger partial charge < -0.3 is 65.1 Å². The largest absolute Gasteiger partial charge is 0.394 e. The maximum absolute atomic E-state index is 13.3. The van der Waals surface area contributed by atoms with E-state index in [-0.39, 0.29) is 18.9 Å². The number of aliphatic hydroxyl groups is 8. The van der Waals surface area contributed by atoms with E-state index in [1.807, 2.05) is 6.08 Å². The van der Waals surface area contributed by atoms with E-state index >= 15 is 0 Å². The average molecular weight is 1140 g/mol. The van der Waals surface area contributed by atoms with Gasteiger partial charge in [-0.05, 0) is 96.3 Å². The molecule has 2 saturated heterocycles. The van der Waals surface area contributed by atoms with E-state index in [1.165, 1.54) is 77.0 Å². The second-order valence-corrected chi connectivity index (χ2v) is 21.4. The maximum atomic E-state index is 13.3. The first-order valence-corrected chi connectivity index (χ1v) is 31.3. The van der Waals surface area contributed by atoms with Crippen molar-refractivity contribution >= 4 is 5.91 Å². The van der Waals surface area contributed by atoms with Gasteiger partial charge in [-0.15, -0.1) is 0 Å². The van der Waals surface area contributed by atoms with Gasteiger partial charge in [0.2, 0.25) is 5.91 Å². The van der Waals surface area contributed by atoms with E-state index in [4.69, 9.17) is 18.9 Å². The number of nitrogens with one attached hydrogen (secondary N) is 1. The van der Waals surface area contributed by atoms with Crippen molar-refractivity contribution in [2.24, 2.45) is 0 Å². The molecule has 14 heteroatoms. The van der Waals surface area contributed by atoms with Crippen molar-refractivity contribution in [2.75, 3.05) is 19.8 Å². The van der Waals surface area contributed by atoms with E-state index in [9.17, 15) is 45.6 Å². The normalized spacial score (nSPS) is 25.0. The Morgan fingerprint density at radius 2 is 0.864 bits per heavy atom. The van der Waals surface area contributed by atoms with Gasteiger partial charge in [0.15, 0.2) is 12.6 Å². The molecule has 2 aliphatic heterocycles. The maximum Gasteiger partial charge on any atom is 0.220 e. The smallest absolute Gasteiger partial charge is 0.220 e. The Kier molecular flexibility index (Phi) is 46.1. The molecule has 0 aromatic heterocycles. The second kappa shape index (κ2) is 50.9. The van der Waals surface area contributed by atoms with Crippen LogP contribution in [0.5, 0.6) is 0 Å². The third kappa shape index (κ3) is 36.0. The molecule has 2 heterocycles. The van der Waals surface area contributed by atoms with Crippen LogP contribution in [0, 0.1) is 0 Å². The van der Waals surface area contributed by atoms with Crippen LogP contribution in [0.2, 0.25) is 0 Å². The molecule has 462 valence electrons. The van der Waals surface area contributed by atoms with Gasteiger partial charge in [0, 0.05) is 6.42 Å². The molecule has 0 radical (unpaired) electrons. The molecule has 14 nitrogen and oxygen atoms in total. The number of unbranched alkanes of at least 4 members (excludes halogenated alkanes) is 17. The summed E-state index contributed by atoms with van der Waals surface area (Å²) in [5.74, 6) is -0.279. The van der Waals surface area contributed by atoms with E-state index in [2.05, 4.69) is 129 Å². The predicted octanol–water partition coefficient (Wildman–Crippen LogP) is 11.4. The summed E-state index contributed by atoms with van der Waals surface area (Å²) in [6, 6.07) is -0.955. The van der Waals surface area contributed by atoms with Crippen LogP contribution in [-0.2, 0) is 23.7 Å². The predicted molar refractivity (Wildman–Crippen MR) is 327 cm³/mol. The molecule has 9 N–H and O–H groups in total. The molecule has 2 aliphatic rings. The third-order valence-corrected chi connectivity index (χ3v) is 14.4. The molecule has 81 heavy (non-hydrogen) atoms. The summed E-state index contributed by atoms with van der Waals surface area (Å²) in [5.41, 5.74) is 0. The number of hydrogen-bond acceptors (Lipinski definition) is 13. The minimum absolute atomic E-state index is 0.235. The number of rotatable bonds is 48. The highest BCUT2D eigenvalue weighted by atomic mass is 16.7. The standard InChI is InChI=1S/C67H111NO13/c1-3-5-7-9-11-13-15-17-19-21-23-24-25-26-27-28-29-30-31-32-33-35-37-39-41-43-45-47-49-51-59(72)68-55(56(71)50-48-46-44-42-40-38-36-34-22-20-18-16-14-12-10-8-6-4-2)54-78-66-64(77)62(75)65(58(53-70)80-66)81-67-63(76)61(74)60(73)57(52-69)79-67/h5,7,11,13,17,19,23-24,26-27,29-30,32-33,37,39-40,42,48,50,55-58,60-67,69-71,73-77H,3-4,6,8-10,12,14-16,18,20-22,25,28,31,34-36,38,41,43-47,49,51-54H2,1-2H3,(H,68,72)/b7-5-,13-11-,19-17-,24-23-,27-26-,30-29-,33-32-,39-37-,42-40+,50-48+. The van der Waals surface area contributed by atoms with Crippen LogP contribution < -0.4 is 5.32 Å². The fraction of sp³-hybridized carbons (Fsp3) is 0.687. The molecular formula is C67H111NO13. The molecular weight excluding hydrogens is 1030 g/mol. The molecule has 0 bridgehead atoms. The zero-order valence-corrected chi connectivity index (χ0v) is 49.7. The van der Waals surface area contributed by atoms with Crippen LogP contribution >= 0.6 is 0 Å². The van der Waals surface area contributed by atoms with Gasteiger partial charge in [-0.2, -0.15) is 0 Å². The first-order chi connectivity index (χ1) is 39.6. The lowest BCUT2D eigenvalue weighted by atomic mass is 9.97. The van der Waals surface area contributed by atoms with Gasteiger partial charge in [-0.3, -0.25) is 4.79 Å². The molecule has 0 saturated carbocycles. The van der Waals surface area contributed by atoms with Gasteiger partial charge in [-0.1, -0.05) is 219 Å². The third-order valence-electron chi connectivity index (χ3n) is 14.4. The molecule has 0 spiro atoms. The average Bonchev–Trinajstić information content (AvgIpc) is 3.47. The van der Waals surface area contributed by atoms with Crippen LogP contribution in [0.3, 0.4) is 0 Å². The quantitative estimate of drug-likeness (QED) is 0.0204. The van der Waals surface area contributed by atoms with Gasteiger partial charge in [0.05, 0.1) is 32.0 Å². The number of ether oxygens (including phenoxy) is 4. The van der Waals surface area contributed by atoms with Crippen molar-refractivity contribution in [2.45, 2.75) is 274 Å². The molecule has 2 fully saturated rings. The summed E-state index contributed by atoms with van der Waals surface area (Å²) >= 11 is 0. The molecule has 1 amide bonds. The Bertz CT molecular complexity index is 1820. The van der Waals surface area contributed by atoms with Gasteiger partial charge in [-0.25, -0.2) is 0 Å². The van der Waals surface area contributed by atoms with Crippen molar-refractivity contribution in [1.82, 2.24) is 5.32 Å². The fourth-order valence-electron chi connectivity index (χ4n) is 9.38. The highest BCUT2D eigenvalue weighted by Gasteiger charge is 2.51. The highest BCUT2D eigenvalue weighted by molar-refractivity contribution is 5.76. The Morgan fingerprint density at radius 3 is 1.36 bits per heavy atom. The summed E-state index contributed by atoms with van der Waals surface area (Å²) < 4.78 is 22.8. The minimum Gasteiger partial charge on any atom is -0.394 e. The summed E-state index contributed by atoms with van der Waals surface area (Å²) in [4.78, 5) is 13.3. The molecule has 0 aromatic carbocycles. The highest BCUT2D eigenvalue weighted by Crippen LogP contribution is 2.30. The number of allylic oxidation sites excluding steroid dienone is 19. The van der Waals surface area contributed by atoms with Gasteiger partial charge in [0.25, 0.3) is 0 Å². The van der Waals surface area contributed by atoms with E-state index in [0.717, 1.165) is 89.9 Å². The fourth-order valence-corrected chi connectivity index (χ4v) is 9.38. The first kappa shape index (κ1) is 73.5. The van der Waals surface area contributed by atoms with Crippen LogP contribution in [0.4, 0.5) is 0 Å². The van der Waals surface area contributed by atoms with Crippen LogP contribution in [0.15, 0.2) is 122 Å². The number of amides is 1. The Hall–Kier alpha value is -3.61. The van der Waals surface area contributed by atoms with Crippen molar-refractivity contribution in [1.29, 1.82) is 0 Å². The Morgan fingerprint density at radius 1 is 0.457 bits per heavy atom. The Balaban J connectivity index is 1.77. The van der Waals surface area contributed by atoms with E-state index < -0.39 is 86.8 Å². The summed E-state index contributed by atoms with van der Waals surface area (Å²) in [6.45, 7) is 2.63. The summed E-state index contributed by atoms with van der Waals surface area (Å²) in [6.07, 6.45) is 56.6. The summed E-state index contributed by atoms with van der Waals surface area (Å²) in [5, 5.41) is 87.1. The zero-order valence-electron chi connectivity index (χ0n) is 49.7. The monoisotopic (exact) mass is 1140 g/mol. The van der Waals surface area contributed by atoms with Crippen molar-refractivity contribution < 1.29 is 64.6 Å². The molecule has 0 aromatic rings. The number of carbonyl (C=O) groups excluding carboxylic acids is 1. The van der Waals surface area contributed by atoms with E-state index in [1.54, 1.807) is 6.08 Å². The SMILES string of the molecule is CC/C=C\C/C=C\C/C=C\C/C=C\C/C=C\C/C=C\C/C=C\C/C=C\CCCCCCC(=O)NC(COC1OC(CO)C(OC2OC(CO)C(O)C(O)C2O)C(O)C1O)C(O)/C=C/CC/C=C/CCCCCCCCCCCCCC. The molecule has 2 rings (SSSR count). The van der Waals surface area contributed by atoms with E-state index in [0.29, 0.717) is 12.8 Å². The van der Waals surface area contributed by atoms with Crippen molar-refractivity contribution in [3.8, 4) is 0 Å². The summed E-state index contributed by atoms with van der Waals surface area (Å²) in [7, 11) is 0. The zero-order chi connectivity index (χ0) is 58.8.